The summed E-state index contributed by atoms with van der Waals surface area (Å²) in [5, 5.41) is 7.92. The number of carbonyl (C=O) groups excluding carboxylic acids is 1. The van der Waals surface area contributed by atoms with Gasteiger partial charge in [0.1, 0.15) is 17.2 Å². The van der Waals surface area contributed by atoms with Crippen molar-refractivity contribution in [2.45, 2.75) is 19.3 Å². The Kier molecular flexibility index (Phi) is 5.66. The van der Waals surface area contributed by atoms with Gasteiger partial charge in [0.05, 0.1) is 0 Å². The molecule has 1 aliphatic carbocycles. The quantitative estimate of drug-likeness (QED) is 0.324. The van der Waals surface area contributed by atoms with Crippen LogP contribution in [0.2, 0.25) is 0 Å². The number of hydrogen-bond donors (Lipinski definition) is 0. The highest BCUT2D eigenvalue weighted by molar-refractivity contribution is 5.94. The van der Waals surface area contributed by atoms with Crippen LogP contribution in [0.1, 0.15) is 28.2 Å². The molecular formula is C24H21N3O3. The predicted molar refractivity (Wildman–Crippen MR) is 113 cm³/mol. The zero-order valence-electron chi connectivity index (χ0n) is 16.5. The number of hydrogen-bond acceptors (Lipinski definition) is 6. The van der Waals surface area contributed by atoms with Crippen molar-refractivity contribution in [2.24, 2.45) is 5.92 Å². The Balaban J connectivity index is 1.47. The van der Waals surface area contributed by atoms with Gasteiger partial charge in [0.2, 0.25) is 5.78 Å². The van der Waals surface area contributed by atoms with Crippen LogP contribution in [0.3, 0.4) is 0 Å². The Morgan fingerprint density at radius 2 is 2.07 bits per heavy atom. The van der Waals surface area contributed by atoms with Gasteiger partial charge in [0.15, 0.2) is 0 Å². The van der Waals surface area contributed by atoms with Gasteiger partial charge in [-0.2, -0.15) is 0 Å². The number of pyridine rings is 1. The van der Waals surface area contributed by atoms with E-state index in [1.807, 2.05) is 24.3 Å². The molecule has 0 aliphatic heterocycles. The molecule has 6 nitrogen and oxygen atoms in total. The fraction of sp³-hybridized carbons (Fsp3) is 0.167. The number of aromatic nitrogens is 3. The van der Waals surface area contributed by atoms with Crippen LogP contribution in [0.15, 0.2) is 84.2 Å². The second-order valence-corrected chi connectivity index (χ2v) is 6.97. The molecule has 1 unspecified atom stereocenters. The summed E-state index contributed by atoms with van der Waals surface area (Å²) in [4.78, 5) is 17.1. The molecule has 6 heteroatoms. The van der Waals surface area contributed by atoms with E-state index < -0.39 is 0 Å². The van der Waals surface area contributed by atoms with E-state index in [0.717, 1.165) is 17.7 Å². The van der Waals surface area contributed by atoms with Gasteiger partial charge in [-0.05, 0) is 66.8 Å². The molecule has 0 N–H and O–H groups in total. The maximum absolute atomic E-state index is 12.9. The molecule has 3 aromatic rings. The van der Waals surface area contributed by atoms with Crippen molar-refractivity contribution in [1.29, 1.82) is 0 Å². The lowest BCUT2D eigenvalue weighted by Gasteiger charge is -2.23. The fourth-order valence-electron chi connectivity index (χ4n) is 3.50. The number of allylic oxidation sites excluding steroid dienone is 3. The first-order valence-corrected chi connectivity index (χ1v) is 9.72. The van der Waals surface area contributed by atoms with Crippen molar-refractivity contribution >= 4 is 5.78 Å². The molecule has 30 heavy (non-hydrogen) atoms. The Hall–Kier alpha value is -3.80. The van der Waals surface area contributed by atoms with E-state index in [1.54, 1.807) is 36.6 Å². The summed E-state index contributed by atoms with van der Waals surface area (Å²) in [5.74, 6) is 1.35. The molecule has 1 aromatic carbocycles. The highest BCUT2D eigenvalue weighted by Gasteiger charge is 2.29. The van der Waals surface area contributed by atoms with Crippen molar-refractivity contribution in [3.63, 3.8) is 0 Å². The van der Waals surface area contributed by atoms with Crippen molar-refractivity contribution in [3.05, 3.63) is 96.8 Å². The summed E-state index contributed by atoms with van der Waals surface area (Å²) >= 11 is 0. The van der Waals surface area contributed by atoms with Crippen LogP contribution < -0.4 is 4.74 Å². The summed E-state index contributed by atoms with van der Waals surface area (Å²) in [6, 6.07) is 11.3. The first-order chi connectivity index (χ1) is 14.7. The molecule has 0 fully saturated rings. The minimum atomic E-state index is -0.189. The molecule has 0 saturated carbocycles. The summed E-state index contributed by atoms with van der Waals surface area (Å²) in [6.45, 7) is 7.41. The predicted octanol–water partition coefficient (Wildman–Crippen LogP) is 4.75. The standard InChI is InChI=1S/C24H21N3O3/c1-3-7-19(4-2)29-20-12-11-16-14-18(10-9-17(16)15-20)22(28)24-27-26-23(30-24)21-8-5-6-13-25-21/h3-8,11-13,15,18H,1-2,9-10,14H2/b19-7+. The monoisotopic (exact) mass is 399 g/mol. The number of nitrogens with zero attached hydrogens (tertiary/aromatic N) is 3. The molecule has 0 spiro atoms. The lowest BCUT2D eigenvalue weighted by molar-refractivity contribution is 0.0873. The second-order valence-electron chi connectivity index (χ2n) is 6.97. The summed E-state index contributed by atoms with van der Waals surface area (Å²) in [6.07, 6.45) is 8.81. The molecule has 0 saturated heterocycles. The molecule has 0 amide bonds. The zero-order valence-corrected chi connectivity index (χ0v) is 16.5. The first-order valence-electron chi connectivity index (χ1n) is 9.72. The van der Waals surface area contributed by atoms with Gasteiger partial charge in [0.25, 0.3) is 11.8 Å². The van der Waals surface area contributed by atoms with E-state index in [9.17, 15) is 4.79 Å². The van der Waals surface area contributed by atoms with Crippen molar-refractivity contribution in [1.82, 2.24) is 15.2 Å². The van der Waals surface area contributed by atoms with E-state index in [2.05, 4.69) is 28.3 Å². The van der Waals surface area contributed by atoms with Crippen LogP contribution in [-0.2, 0) is 12.8 Å². The number of benzene rings is 1. The number of Topliss-reactive ketones (excluding diaryl/α,β-unsaturated/α-hetero) is 1. The van der Waals surface area contributed by atoms with Gasteiger partial charge >= 0.3 is 0 Å². The van der Waals surface area contributed by atoms with E-state index >= 15 is 0 Å². The number of carbonyl (C=O) groups is 1. The van der Waals surface area contributed by atoms with E-state index in [0.29, 0.717) is 24.3 Å². The van der Waals surface area contributed by atoms with Gasteiger partial charge in [-0.3, -0.25) is 9.78 Å². The lowest BCUT2D eigenvalue weighted by Crippen LogP contribution is -2.23. The van der Waals surface area contributed by atoms with Gasteiger partial charge in [0, 0.05) is 12.1 Å². The van der Waals surface area contributed by atoms with Crippen LogP contribution in [0, 0.1) is 5.92 Å². The van der Waals surface area contributed by atoms with Gasteiger partial charge in [-0.15, -0.1) is 10.2 Å². The summed E-state index contributed by atoms with van der Waals surface area (Å²) in [7, 11) is 0. The maximum Gasteiger partial charge on any atom is 0.284 e. The molecule has 0 radical (unpaired) electrons. The number of ether oxygens (including phenoxy) is 1. The van der Waals surface area contributed by atoms with E-state index in [4.69, 9.17) is 9.15 Å². The van der Waals surface area contributed by atoms with Crippen LogP contribution >= 0.6 is 0 Å². The topological polar surface area (TPSA) is 78.1 Å². The highest BCUT2D eigenvalue weighted by atomic mass is 16.5. The normalized spacial score (nSPS) is 15.9. The smallest absolute Gasteiger partial charge is 0.284 e. The minimum absolute atomic E-state index is 0.0363. The number of aryl methyl sites for hydroxylation is 1. The lowest BCUT2D eigenvalue weighted by atomic mass is 9.81. The Labute approximate surface area is 174 Å². The zero-order chi connectivity index (χ0) is 20.9. The maximum atomic E-state index is 12.9. The summed E-state index contributed by atoms with van der Waals surface area (Å²) in [5.41, 5.74) is 2.86. The van der Waals surface area contributed by atoms with Crippen molar-refractivity contribution in [2.75, 3.05) is 0 Å². The molecule has 2 aromatic heterocycles. The average molecular weight is 399 g/mol. The molecule has 2 heterocycles. The third-order valence-corrected chi connectivity index (χ3v) is 5.02. The third-order valence-electron chi connectivity index (χ3n) is 5.02. The van der Waals surface area contributed by atoms with Crippen LogP contribution in [0.4, 0.5) is 0 Å². The van der Waals surface area contributed by atoms with Gasteiger partial charge < -0.3 is 9.15 Å². The van der Waals surface area contributed by atoms with Crippen LogP contribution in [0.25, 0.3) is 11.6 Å². The minimum Gasteiger partial charge on any atom is -0.457 e. The molecule has 1 atom stereocenters. The van der Waals surface area contributed by atoms with Crippen LogP contribution in [0.5, 0.6) is 5.75 Å². The second kappa shape index (κ2) is 8.69. The molecule has 1 aliphatic rings. The largest absolute Gasteiger partial charge is 0.457 e. The average Bonchev–Trinajstić information content (AvgIpc) is 3.29. The van der Waals surface area contributed by atoms with Crippen molar-refractivity contribution in [3.8, 4) is 17.3 Å². The molecule has 150 valence electrons. The molecule has 4 rings (SSSR count). The Bertz CT molecular complexity index is 1120. The fourth-order valence-corrected chi connectivity index (χ4v) is 3.50. The first kappa shape index (κ1) is 19.5. The number of fused-ring (bicyclic) bond motifs is 1. The van der Waals surface area contributed by atoms with E-state index in [1.165, 1.54) is 5.56 Å². The Morgan fingerprint density at radius 3 is 2.83 bits per heavy atom. The van der Waals surface area contributed by atoms with Gasteiger partial charge in [-0.25, -0.2) is 0 Å². The highest BCUT2D eigenvalue weighted by Crippen LogP contribution is 2.31. The SMILES string of the molecule is C=C/C=C(\C=C)Oc1ccc2c(c1)CCC(C(=O)c1nnc(-c3ccccn3)o1)C2. The Morgan fingerprint density at radius 1 is 1.17 bits per heavy atom. The number of rotatable bonds is 7. The third kappa shape index (κ3) is 4.12. The van der Waals surface area contributed by atoms with E-state index in [-0.39, 0.29) is 23.5 Å². The van der Waals surface area contributed by atoms with Crippen LogP contribution in [-0.4, -0.2) is 21.0 Å². The molecular weight excluding hydrogens is 378 g/mol. The van der Waals surface area contributed by atoms with Crippen molar-refractivity contribution < 1.29 is 13.9 Å². The summed E-state index contributed by atoms with van der Waals surface area (Å²) < 4.78 is 11.4. The number of ketones is 1. The molecule has 0 bridgehead atoms. The van der Waals surface area contributed by atoms with Gasteiger partial charge in [-0.1, -0.05) is 31.4 Å².